The van der Waals surface area contributed by atoms with Gasteiger partial charge < -0.3 is 10.2 Å². The summed E-state index contributed by atoms with van der Waals surface area (Å²) in [6.45, 7) is 5.68. The van der Waals surface area contributed by atoms with Crippen LogP contribution in [0.4, 0.5) is 4.79 Å². The zero-order chi connectivity index (χ0) is 21.3. The molecule has 8 heteroatoms. The lowest BCUT2D eigenvalue weighted by Crippen LogP contribution is -2.56. The molecule has 1 aromatic rings. The van der Waals surface area contributed by atoms with Crippen molar-refractivity contribution in [2.45, 2.75) is 70.8 Å². The number of hydrogen-bond donors (Lipinski definition) is 1. The Kier molecular flexibility index (Phi) is 6.14. The summed E-state index contributed by atoms with van der Waals surface area (Å²) < 4.78 is 0. The van der Waals surface area contributed by atoms with E-state index in [2.05, 4.69) is 10.3 Å². The maximum atomic E-state index is 13.4. The molecule has 1 atom stereocenters. The second kappa shape index (κ2) is 8.65. The molecule has 0 radical (unpaired) electrons. The maximum absolute atomic E-state index is 13.4. The molecule has 30 heavy (non-hydrogen) atoms. The van der Waals surface area contributed by atoms with E-state index in [-0.39, 0.29) is 23.8 Å². The average Bonchev–Trinajstić information content (AvgIpc) is 3.48. The van der Waals surface area contributed by atoms with E-state index in [0.29, 0.717) is 38.4 Å². The van der Waals surface area contributed by atoms with Crippen LogP contribution >= 0.6 is 11.3 Å². The van der Waals surface area contributed by atoms with Gasteiger partial charge in [-0.05, 0) is 44.9 Å². The van der Waals surface area contributed by atoms with Crippen LogP contribution in [0, 0.1) is 18.8 Å². The van der Waals surface area contributed by atoms with Crippen LogP contribution in [0.2, 0.25) is 0 Å². The van der Waals surface area contributed by atoms with Crippen molar-refractivity contribution in [1.29, 1.82) is 0 Å². The van der Waals surface area contributed by atoms with Crippen molar-refractivity contribution in [2.75, 3.05) is 19.6 Å². The summed E-state index contributed by atoms with van der Waals surface area (Å²) in [6, 6.07) is -0.284. The molecule has 0 bridgehead atoms. The second-order valence-corrected chi connectivity index (χ2v) is 9.84. The molecule has 0 aromatic carbocycles. The number of amides is 4. The number of thiazole rings is 1. The molecule has 4 amide bonds. The van der Waals surface area contributed by atoms with E-state index in [9.17, 15) is 14.4 Å². The van der Waals surface area contributed by atoms with E-state index in [0.717, 1.165) is 49.1 Å². The fraction of sp³-hybridized carbons (Fsp3) is 0.727. The van der Waals surface area contributed by atoms with E-state index in [1.54, 1.807) is 16.8 Å². The van der Waals surface area contributed by atoms with E-state index in [1.165, 1.54) is 4.90 Å². The summed E-state index contributed by atoms with van der Waals surface area (Å²) in [5, 5.41) is 3.05. The smallest absolute Gasteiger partial charge is 0.325 e. The molecule has 2 saturated heterocycles. The number of carbonyl (C=O) groups excluding carboxylic acids is 3. The second-order valence-electron chi connectivity index (χ2n) is 8.90. The first-order valence-electron chi connectivity index (χ1n) is 11.3. The normalized spacial score (nSPS) is 25.9. The molecule has 3 aliphatic rings. The van der Waals surface area contributed by atoms with Crippen LogP contribution in [0.25, 0.3) is 0 Å². The minimum absolute atomic E-state index is 0.0710. The van der Waals surface area contributed by atoms with E-state index < -0.39 is 5.54 Å². The number of rotatable bonds is 6. The summed E-state index contributed by atoms with van der Waals surface area (Å²) in [5.41, 5.74) is 1.93. The first-order valence-corrected chi connectivity index (χ1v) is 12.2. The monoisotopic (exact) mass is 432 g/mol. The van der Waals surface area contributed by atoms with Crippen LogP contribution in [0.1, 0.15) is 62.4 Å². The predicted octanol–water partition coefficient (Wildman–Crippen LogP) is 3.12. The number of imide groups is 1. The van der Waals surface area contributed by atoms with E-state index >= 15 is 0 Å². The van der Waals surface area contributed by atoms with Gasteiger partial charge in [-0.3, -0.25) is 14.5 Å². The van der Waals surface area contributed by atoms with Gasteiger partial charge in [0.25, 0.3) is 5.91 Å². The molecule has 1 aromatic heterocycles. The van der Waals surface area contributed by atoms with Crippen molar-refractivity contribution >= 4 is 29.2 Å². The molecule has 3 fully saturated rings. The van der Waals surface area contributed by atoms with Crippen LogP contribution in [-0.2, 0) is 16.0 Å². The largest absolute Gasteiger partial charge is 0.342 e. The molecule has 2 aliphatic heterocycles. The summed E-state index contributed by atoms with van der Waals surface area (Å²) in [6.07, 6.45) is 7.09. The highest BCUT2D eigenvalue weighted by Gasteiger charge is 2.54. The molecule has 1 saturated carbocycles. The van der Waals surface area contributed by atoms with E-state index in [1.807, 2.05) is 18.7 Å². The van der Waals surface area contributed by atoms with Crippen LogP contribution in [0.5, 0.6) is 0 Å². The Morgan fingerprint density at radius 1 is 1.23 bits per heavy atom. The van der Waals surface area contributed by atoms with Crippen LogP contribution in [0.3, 0.4) is 0 Å². The Labute approximate surface area is 182 Å². The zero-order valence-corrected chi connectivity index (χ0v) is 18.8. The summed E-state index contributed by atoms with van der Waals surface area (Å²) in [4.78, 5) is 47.6. The topological polar surface area (TPSA) is 82.6 Å². The van der Waals surface area contributed by atoms with Gasteiger partial charge in [-0.2, -0.15) is 0 Å². The molecule has 3 heterocycles. The Hall–Kier alpha value is -1.96. The summed E-state index contributed by atoms with van der Waals surface area (Å²) >= 11 is 1.56. The molecular formula is C22H32N4O3S. The number of piperidine rings is 1. The number of carbonyl (C=O) groups is 3. The number of hydrogen-bond acceptors (Lipinski definition) is 5. The molecule has 0 spiro atoms. The molecule has 7 nitrogen and oxygen atoms in total. The van der Waals surface area contributed by atoms with Crippen molar-refractivity contribution < 1.29 is 14.4 Å². The van der Waals surface area contributed by atoms with Crippen LogP contribution in [-0.4, -0.2) is 57.8 Å². The molecule has 1 N–H and O–H groups in total. The number of urea groups is 1. The van der Waals surface area contributed by atoms with Crippen molar-refractivity contribution in [3.8, 4) is 0 Å². The first-order chi connectivity index (χ1) is 14.5. The van der Waals surface area contributed by atoms with Crippen molar-refractivity contribution in [3.63, 3.8) is 0 Å². The van der Waals surface area contributed by atoms with Gasteiger partial charge in [0.05, 0.1) is 11.2 Å². The Bertz CT molecular complexity index is 811. The van der Waals surface area contributed by atoms with Gasteiger partial charge in [0, 0.05) is 36.9 Å². The number of aryl methyl sites for hydroxylation is 1. The van der Waals surface area contributed by atoms with Gasteiger partial charge in [-0.25, -0.2) is 9.78 Å². The standard InChI is InChI=1S/C22H32N4O3S/c1-3-22(17-8-11-25(12-9-17)19(27)16-6-4-5-7-16)20(28)26(21(29)24-22)13-10-18-15(2)23-14-30-18/h14,16-17H,3-13H2,1-2H3,(H,24,29)/t22-/m1/s1. The third kappa shape index (κ3) is 3.74. The number of nitrogens with one attached hydrogen (secondary N) is 1. The number of likely N-dealkylation sites (tertiary alicyclic amines) is 1. The van der Waals surface area contributed by atoms with Gasteiger partial charge in [-0.15, -0.1) is 11.3 Å². The fourth-order valence-electron chi connectivity index (χ4n) is 5.46. The van der Waals surface area contributed by atoms with Crippen molar-refractivity contribution in [3.05, 3.63) is 16.1 Å². The summed E-state index contributed by atoms with van der Waals surface area (Å²) in [5.74, 6) is 0.458. The van der Waals surface area contributed by atoms with E-state index in [4.69, 9.17) is 0 Å². The Morgan fingerprint density at radius 3 is 2.53 bits per heavy atom. The molecule has 164 valence electrons. The maximum Gasteiger partial charge on any atom is 0.325 e. The number of aromatic nitrogens is 1. The van der Waals surface area contributed by atoms with Crippen LogP contribution < -0.4 is 5.32 Å². The lowest BCUT2D eigenvalue weighted by molar-refractivity contribution is -0.138. The van der Waals surface area contributed by atoms with Gasteiger partial charge in [0.2, 0.25) is 5.91 Å². The highest BCUT2D eigenvalue weighted by molar-refractivity contribution is 7.09. The van der Waals surface area contributed by atoms with Gasteiger partial charge in [0.15, 0.2) is 0 Å². The first kappa shape index (κ1) is 21.3. The average molecular weight is 433 g/mol. The number of nitrogens with zero attached hydrogens (tertiary/aromatic N) is 3. The van der Waals surface area contributed by atoms with Crippen LogP contribution in [0.15, 0.2) is 5.51 Å². The summed E-state index contributed by atoms with van der Waals surface area (Å²) in [7, 11) is 0. The lowest BCUT2D eigenvalue weighted by Gasteiger charge is -2.41. The van der Waals surface area contributed by atoms with Crippen molar-refractivity contribution in [1.82, 2.24) is 20.1 Å². The fourth-order valence-corrected chi connectivity index (χ4v) is 6.23. The highest BCUT2D eigenvalue weighted by atomic mass is 32.1. The third-order valence-electron chi connectivity index (χ3n) is 7.37. The van der Waals surface area contributed by atoms with Gasteiger partial charge in [0.1, 0.15) is 5.54 Å². The highest BCUT2D eigenvalue weighted by Crippen LogP contribution is 2.37. The molecule has 4 rings (SSSR count). The van der Waals surface area contributed by atoms with Crippen molar-refractivity contribution in [2.24, 2.45) is 11.8 Å². The molecular weight excluding hydrogens is 400 g/mol. The molecule has 1 aliphatic carbocycles. The minimum atomic E-state index is -0.831. The van der Waals surface area contributed by atoms with Gasteiger partial charge >= 0.3 is 6.03 Å². The van der Waals surface area contributed by atoms with Gasteiger partial charge in [-0.1, -0.05) is 19.8 Å². The zero-order valence-electron chi connectivity index (χ0n) is 18.0. The Morgan fingerprint density at radius 2 is 1.93 bits per heavy atom. The Balaban J connectivity index is 1.39. The third-order valence-corrected chi connectivity index (χ3v) is 8.37. The SMILES string of the molecule is CC[C@]1(C2CCN(C(=O)C3CCCC3)CC2)NC(=O)N(CCc2scnc2C)C1=O. The minimum Gasteiger partial charge on any atom is -0.342 e. The molecule has 0 unspecified atom stereocenters. The quantitative estimate of drug-likeness (QED) is 0.700. The lowest BCUT2D eigenvalue weighted by atomic mass is 9.75. The predicted molar refractivity (Wildman–Crippen MR) is 115 cm³/mol.